The summed E-state index contributed by atoms with van der Waals surface area (Å²) in [6.45, 7) is 0. The number of halogens is 4. The zero-order valence-electron chi connectivity index (χ0n) is 9.79. The third kappa shape index (κ3) is 3.37. The Morgan fingerprint density at radius 1 is 0.895 bits per heavy atom. The molecule has 0 radical (unpaired) electrons. The number of benzene rings is 2. The van der Waals surface area contributed by atoms with Crippen LogP contribution < -0.4 is 0 Å². The van der Waals surface area contributed by atoms with E-state index in [-0.39, 0.29) is 0 Å². The molecule has 0 aliphatic carbocycles. The van der Waals surface area contributed by atoms with Crippen molar-refractivity contribution in [2.45, 2.75) is 6.18 Å². The number of hydrogen-bond donors (Lipinski definition) is 0. The summed E-state index contributed by atoms with van der Waals surface area (Å²) in [5.41, 5.74) is 2.05. The molecule has 0 unspecified atom stereocenters. The van der Waals surface area contributed by atoms with Gasteiger partial charge in [0.1, 0.15) is 0 Å². The molecule has 0 N–H and O–H groups in total. The molecule has 0 spiro atoms. The largest absolute Gasteiger partial charge is 0.416 e. The highest BCUT2D eigenvalue weighted by molar-refractivity contribution is 14.1. The van der Waals surface area contributed by atoms with Crippen LogP contribution in [0.15, 0.2) is 52.6 Å². The van der Waals surface area contributed by atoms with Crippen molar-refractivity contribution in [3.63, 3.8) is 0 Å². The molecule has 2 aromatic rings. The van der Waals surface area contributed by atoms with Crippen LogP contribution in [0.3, 0.4) is 0 Å². The van der Waals surface area contributed by atoms with Gasteiger partial charge in [-0.1, -0.05) is 59.0 Å². The van der Waals surface area contributed by atoms with Gasteiger partial charge in [0.15, 0.2) is 0 Å². The van der Waals surface area contributed by atoms with E-state index < -0.39 is 11.7 Å². The molecule has 0 saturated heterocycles. The molecule has 4 heteroatoms. The molecule has 0 atom stereocenters. The van der Waals surface area contributed by atoms with Gasteiger partial charge in [0.05, 0.1) is 5.56 Å². The summed E-state index contributed by atoms with van der Waals surface area (Å²) in [7, 11) is 0. The van der Waals surface area contributed by atoms with E-state index in [0.29, 0.717) is 0 Å². The van der Waals surface area contributed by atoms with Gasteiger partial charge < -0.3 is 0 Å². The van der Waals surface area contributed by atoms with Crippen molar-refractivity contribution in [2.24, 2.45) is 0 Å². The summed E-state index contributed by atoms with van der Waals surface area (Å²) >= 11 is 2.11. The number of alkyl halides is 3. The quantitative estimate of drug-likeness (QED) is 0.585. The number of hydrogen-bond acceptors (Lipinski definition) is 0. The monoisotopic (exact) mass is 374 g/mol. The minimum absolute atomic E-state index is 0.627. The van der Waals surface area contributed by atoms with Gasteiger partial charge >= 0.3 is 6.18 Å². The fourth-order valence-electron chi connectivity index (χ4n) is 1.81. The van der Waals surface area contributed by atoms with Crippen LogP contribution in [-0.2, 0) is 6.18 Å². The maximum Gasteiger partial charge on any atom is 0.416 e. The normalized spacial score (nSPS) is 12.0. The summed E-state index contributed by atoms with van der Waals surface area (Å²) in [6, 6.07) is 12.8. The predicted octanol–water partition coefficient (Wildman–Crippen LogP) is 5.78. The molecule has 0 heterocycles. The fraction of sp³-hybridized carbons (Fsp3) is 0.0667. The molecule has 19 heavy (non-hydrogen) atoms. The first-order valence-electron chi connectivity index (χ1n) is 5.56. The van der Waals surface area contributed by atoms with Crippen molar-refractivity contribution >= 4 is 28.7 Å². The zero-order valence-corrected chi connectivity index (χ0v) is 11.9. The molecular weight excluding hydrogens is 364 g/mol. The molecule has 2 rings (SSSR count). The standard InChI is InChI=1S/C15H10F3I/c16-15(17,18)13-7-5-12(6-8-13)14-4-2-1-3-11(14)9-10-19/h1-10H/b10-9+. The highest BCUT2D eigenvalue weighted by Crippen LogP contribution is 2.32. The smallest absolute Gasteiger partial charge is 0.166 e. The minimum atomic E-state index is -4.29. The van der Waals surface area contributed by atoms with Crippen LogP contribution >= 0.6 is 22.6 Å². The third-order valence-electron chi connectivity index (χ3n) is 2.73. The Balaban J connectivity index is 2.43. The summed E-state index contributed by atoms with van der Waals surface area (Å²) in [6.07, 6.45) is -2.37. The van der Waals surface area contributed by atoms with Crippen LogP contribution in [-0.4, -0.2) is 0 Å². The maximum absolute atomic E-state index is 12.5. The Morgan fingerprint density at radius 2 is 1.53 bits per heavy atom. The molecule has 0 aliphatic rings. The Hall–Kier alpha value is -1.30. The van der Waals surface area contributed by atoms with Crippen LogP contribution in [0.2, 0.25) is 0 Å². The molecule has 0 amide bonds. The van der Waals surface area contributed by atoms with Gasteiger partial charge in [-0.2, -0.15) is 13.2 Å². The third-order valence-corrected chi connectivity index (χ3v) is 3.09. The molecule has 98 valence electrons. The van der Waals surface area contributed by atoms with Crippen LogP contribution in [0.5, 0.6) is 0 Å². The van der Waals surface area contributed by atoms with E-state index in [0.717, 1.165) is 28.8 Å². The summed E-state index contributed by atoms with van der Waals surface area (Å²) in [4.78, 5) is 0. The van der Waals surface area contributed by atoms with E-state index in [1.54, 1.807) is 0 Å². The van der Waals surface area contributed by atoms with Crippen molar-refractivity contribution in [1.82, 2.24) is 0 Å². The first kappa shape index (κ1) is 14.1. The number of rotatable bonds is 2. The highest BCUT2D eigenvalue weighted by atomic mass is 127. The Kier molecular flexibility index (Phi) is 4.29. The molecule has 0 aliphatic heterocycles. The van der Waals surface area contributed by atoms with Crippen molar-refractivity contribution in [3.05, 3.63) is 63.7 Å². The lowest BCUT2D eigenvalue weighted by molar-refractivity contribution is -0.137. The molecule has 0 bridgehead atoms. The van der Waals surface area contributed by atoms with Gasteiger partial charge in [0.25, 0.3) is 0 Å². The van der Waals surface area contributed by atoms with Gasteiger partial charge in [-0.25, -0.2) is 0 Å². The van der Waals surface area contributed by atoms with Gasteiger partial charge in [0, 0.05) is 0 Å². The van der Waals surface area contributed by atoms with Gasteiger partial charge in [-0.15, -0.1) is 0 Å². The Morgan fingerprint density at radius 3 is 2.11 bits per heavy atom. The van der Waals surface area contributed by atoms with Gasteiger partial charge in [-0.05, 0) is 39.0 Å². The second-order valence-electron chi connectivity index (χ2n) is 3.96. The summed E-state index contributed by atoms with van der Waals surface area (Å²) in [5, 5.41) is 0. The second kappa shape index (κ2) is 5.77. The first-order chi connectivity index (χ1) is 9.02. The molecule has 0 fully saturated rings. The lowest BCUT2D eigenvalue weighted by Crippen LogP contribution is -2.04. The van der Waals surface area contributed by atoms with Crippen molar-refractivity contribution in [2.75, 3.05) is 0 Å². The van der Waals surface area contributed by atoms with Crippen LogP contribution in [0.1, 0.15) is 11.1 Å². The maximum atomic E-state index is 12.5. The van der Waals surface area contributed by atoms with Crippen LogP contribution in [0.4, 0.5) is 13.2 Å². The van der Waals surface area contributed by atoms with Gasteiger partial charge in [-0.3, -0.25) is 0 Å². The highest BCUT2D eigenvalue weighted by Gasteiger charge is 2.29. The Bertz CT molecular complexity index is 583. The average Bonchev–Trinajstić information content (AvgIpc) is 2.39. The van der Waals surface area contributed by atoms with Crippen molar-refractivity contribution in [3.8, 4) is 11.1 Å². The van der Waals surface area contributed by atoms with Crippen molar-refractivity contribution in [1.29, 1.82) is 0 Å². The van der Waals surface area contributed by atoms with E-state index in [4.69, 9.17) is 0 Å². The van der Waals surface area contributed by atoms with E-state index in [1.807, 2.05) is 34.4 Å². The van der Waals surface area contributed by atoms with E-state index in [2.05, 4.69) is 22.6 Å². The molecule has 0 nitrogen and oxygen atoms in total. The molecule has 2 aromatic carbocycles. The Labute approximate surface area is 123 Å². The molecule has 0 aromatic heterocycles. The average molecular weight is 374 g/mol. The van der Waals surface area contributed by atoms with Gasteiger partial charge in [0.2, 0.25) is 0 Å². The second-order valence-corrected chi connectivity index (χ2v) is 4.67. The fourth-order valence-corrected chi connectivity index (χ4v) is 2.20. The molecular formula is C15H10F3I. The molecule has 0 saturated carbocycles. The minimum Gasteiger partial charge on any atom is -0.166 e. The lowest BCUT2D eigenvalue weighted by atomic mass is 9.99. The summed E-state index contributed by atoms with van der Waals surface area (Å²) in [5.74, 6) is 0. The SMILES string of the molecule is FC(F)(F)c1ccc(-c2ccccc2/C=C/I)cc1. The van der Waals surface area contributed by atoms with E-state index >= 15 is 0 Å². The first-order valence-corrected chi connectivity index (χ1v) is 6.80. The lowest BCUT2D eigenvalue weighted by Gasteiger charge is -2.09. The topological polar surface area (TPSA) is 0 Å². The van der Waals surface area contributed by atoms with Crippen LogP contribution in [0.25, 0.3) is 17.2 Å². The van der Waals surface area contributed by atoms with Crippen LogP contribution in [0, 0.1) is 0 Å². The summed E-state index contributed by atoms with van der Waals surface area (Å²) < 4.78 is 39.4. The van der Waals surface area contributed by atoms with E-state index in [1.165, 1.54) is 12.1 Å². The van der Waals surface area contributed by atoms with Crippen molar-refractivity contribution < 1.29 is 13.2 Å². The van der Waals surface area contributed by atoms with E-state index in [9.17, 15) is 13.2 Å². The zero-order chi connectivity index (χ0) is 13.9. The predicted molar refractivity (Wildman–Crippen MR) is 79.9 cm³/mol.